The summed E-state index contributed by atoms with van der Waals surface area (Å²) in [5.74, 6) is -1.97. The quantitative estimate of drug-likeness (QED) is 0.206. The third-order valence-corrected chi connectivity index (χ3v) is 11.1. The first kappa shape index (κ1) is 30.1. The van der Waals surface area contributed by atoms with Crippen molar-refractivity contribution >= 4 is 29.5 Å². The van der Waals surface area contributed by atoms with E-state index in [9.17, 15) is 19.5 Å². The fourth-order valence-corrected chi connectivity index (χ4v) is 9.42. The first-order valence-corrected chi connectivity index (χ1v) is 15.2. The van der Waals surface area contributed by atoms with Crippen LogP contribution in [0.1, 0.15) is 33.6 Å². The van der Waals surface area contributed by atoms with Crippen molar-refractivity contribution in [2.45, 2.75) is 55.7 Å². The second-order valence-electron chi connectivity index (χ2n) is 11.6. The molecule has 4 rings (SSSR count). The largest absolute Gasteiger partial charge is 0.465 e. The van der Waals surface area contributed by atoms with Crippen molar-refractivity contribution in [2.75, 3.05) is 59.2 Å². The highest BCUT2D eigenvalue weighted by atomic mass is 32.2. The lowest BCUT2D eigenvalue weighted by Gasteiger charge is -2.43. The van der Waals surface area contributed by atoms with Gasteiger partial charge in [0, 0.05) is 38.0 Å². The summed E-state index contributed by atoms with van der Waals surface area (Å²) in [5.41, 5.74) is 0. The molecule has 0 aromatic heterocycles. The van der Waals surface area contributed by atoms with Crippen molar-refractivity contribution in [3.63, 3.8) is 0 Å². The topological polar surface area (TPSA) is 99.6 Å². The number of amides is 2. The van der Waals surface area contributed by atoms with Gasteiger partial charge in [0.1, 0.15) is 6.04 Å². The molecule has 2 amide bonds. The Kier molecular flexibility index (Phi) is 9.83. The number of aliphatic hydroxyl groups is 1. The Balaban J connectivity index is 1.69. The lowest BCUT2D eigenvalue weighted by atomic mass is 9.66. The smallest absolute Gasteiger partial charge is 0.310 e. The molecular formula is C29H45N3O6S. The molecule has 0 radical (unpaired) electrons. The molecule has 2 bridgehead atoms. The normalized spacial score (nSPS) is 32.8. The summed E-state index contributed by atoms with van der Waals surface area (Å²) in [5, 5.41) is 10.4. The molecule has 4 fully saturated rings. The predicted octanol–water partition coefficient (Wildman–Crippen LogP) is 1.81. The van der Waals surface area contributed by atoms with Crippen LogP contribution in [0.3, 0.4) is 0 Å². The Hall–Kier alpha value is -1.88. The van der Waals surface area contributed by atoms with E-state index in [4.69, 9.17) is 9.47 Å². The third-order valence-electron chi connectivity index (χ3n) is 9.02. The van der Waals surface area contributed by atoms with Gasteiger partial charge in [-0.05, 0) is 24.7 Å². The van der Waals surface area contributed by atoms with Gasteiger partial charge in [0.2, 0.25) is 11.8 Å². The highest BCUT2D eigenvalue weighted by Crippen LogP contribution is 2.69. The highest BCUT2D eigenvalue weighted by molar-refractivity contribution is 8.02. The Bertz CT molecular complexity index is 940. The molecule has 218 valence electrons. The Morgan fingerprint density at radius 1 is 1.28 bits per heavy atom. The Labute approximate surface area is 236 Å². The van der Waals surface area contributed by atoms with Crippen LogP contribution in [0.2, 0.25) is 0 Å². The Morgan fingerprint density at radius 2 is 2.00 bits per heavy atom. The molecule has 9 nitrogen and oxygen atoms in total. The maximum atomic E-state index is 14.6. The van der Waals surface area contributed by atoms with Gasteiger partial charge in [0.25, 0.3) is 0 Å². The molecule has 0 aromatic rings. The number of rotatable bonds is 13. The number of hydrogen-bond acceptors (Lipinski definition) is 8. The van der Waals surface area contributed by atoms with Crippen molar-refractivity contribution in [3.05, 3.63) is 25.3 Å². The van der Waals surface area contributed by atoms with Gasteiger partial charge in [0.05, 0.1) is 49.1 Å². The molecule has 3 unspecified atom stereocenters. The third kappa shape index (κ3) is 5.42. The van der Waals surface area contributed by atoms with Crippen molar-refractivity contribution in [3.8, 4) is 0 Å². The number of fused-ring (bicyclic) bond motifs is 1. The Morgan fingerprint density at radius 3 is 2.62 bits per heavy atom. The van der Waals surface area contributed by atoms with Crippen LogP contribution in [-0.4, -0.2) is 119 Å². The van der Waals surface area contributed by atoms with Gasteiger partial charge >= 0.3 is 5.97 Å². The summed E-state index contributed by atoms with van der Waals surface area (Å²) in [6, 6.07) is -1.30. The van der Waals surface area contributed by atoms with Gasteiger partial charge in [-0.1, -0.05) is 32.9 Å². The lowest BCUT2D eigenvalue weighted by Crippen LogP contribution is -2.60. The lowest BCUT2D eigenvalue weighted by molar-refractivity contribution is -0.155. The van der Waals surface area contributed by atoms with Crippen molar-refractivity contribution in [2.24, 2.45) is 23.7 Å². The first-order valence-electron chi connectivity index (χ1n) is 14.3. The van der Waals surface area contributed by atoms with E-state index < -0.39 is 28.7 Å². The van der Waals surface area contributed by atoms with E-state index in [1.807, 2.05) is 13.8 Å². The van der Waals surface area contributed by atoms with Gasteiger partial charge in [-0.25, -0.2) is 0 Å². The van der Waals surface area contributed by atoms with Crippen LogP contribution in [0.4, 0.5) is 0 Å². The fourth-order valence-electron chi connectivity index (χ4n) is 7.03. The molecule has 0 aromatic carbocycles. The monoisotopic (exact) mass is 563 g/mol. The van der Waals surface area contributed by atoms with Crippen LogP contribution in [-0.2, 0) is 23.9 Å². The average molecular weight is 564 g/mol. The zero-order valence-corrected chi connectivity index (χ0v) is 24.4. The number of hydrogen-bond donors (Lipinski definition) is 1. The molecule has 4 aliphatic rings. The molecule has 7 atom stereocenters. The summed E-state index contributed by atoms with van der Waals surface area (Å²) in [6.07, 6.45) is 4.71. The minimum atomic E-state index is -0.768. The van der Waals surface area contributed by atoms with Gasteiger partial charge in [-0.3, -0.25) is 19.3 Å². The van der Waals surface area contributed by atoms with E-state index in [2.05, 4.69) is 25.0 Å². The zero-order chi connectivity index (χ0) is 28.3. The average Bonchev–Trinajstić information content (AvgIpc) is 3.51. The molecule has 0 saturated carbocycles. The summed E-state index contributed by atoms with van der Waals surface area (Å²) < 4.78 is 10.3. The summed E-state index contributed by atoms with van der Waals surface area (Å²) in [7, 11) is 0. The van der Waals surface area contributed by atoms with E-state index in [0.29, 0.717) is 39.3 Å². The van der Waals surface area contributed by atoms with Gasteiger partial charge in [-0.15, -0.1) is 24.9 Å². The molecule has 4 heterocycles. The number of ether oxygens (including phenoxy) is 2. The number of carbonyl (C=O) groups is 3. The minimum Gasteiger partial charge on any atom is -0.465 e. The number of likely N-dealkylation sites (tertiary alicyclic amines) is 1. The predicted molar refractivity (Wildman–Crippen MR) is 151 cm³/mol. The van der Waals surface area contributed by atoms with Crippen LogP contribution >= 0.6 is 11.8 Å². The number of esters is 1. The number of morpholine rings is 1. The summed E-state index contributed by atoms with van der Waals surface area (Å²) in [6.45, 7) is 18.1. The molecule has 1 spiro atoms. The molecule has 4 aliphatic heterocycles. The molecular weight excluding hydrogens is 518 g/mol. The molecule has 4 saturated heterocycles. The van der Waals surface area contributed by atoms with Crippen molar-refractivity contribution in [1.82, 2.24) is 14.7 Å². The maximum Gasteiger partial charge on any atom is 0.310 e. The van der Waals surface area contributed by atoms with E-state index in [1.165, 1.54) is 0 Å². The van der Waals surface area contributed by atoms with Crippen LogP contribution in [0.25, 0.3) is 0 Å². The maximum absolute atomic E-state index is 14.6. The van der Waals surface area contributed by atoms with E-state index in [-0.39, 0.29) is 48.1 Å². The van der Waals surface area contributed by atoms with E-state index in [0.717, 1.165) is 19.5 Å². The van der Waals surface area contributed by atoms with Gasteiger partial charge in [0.15, 0.2) is 0 Å². The highest BCUT2D eigenvalue weighted by Gasteiger charge is 2.77. The molecule has 39 heavy (non-hydrogen) atoms. The zero-order valence-electron chi connectivity index (χ0n) is 23.6. The number of nitrogens with zero attached hydrogens (tertiary/aromatic N) is 3. The van der Waals surface area contributed by atoms with Crippen LogP contribution < -0.4 is 0 Å². The minimum absolute atomic E-state index is 0.0500. The van der Waals surface area contributed by atoms with Gasteiger partial charge in [-0.2, -0.15) is 0 Å². The molecule has 0 aliphatic carbocycles. The van der Waals surface area contributed by atoms with E-state index >= 15 is 0 Å². The van der Waals surface area contributed by atoms with Crippen molar-refractivity contribution in [1.29, 1.82) is 0 Å². The fraction of sp³-hybridized carbons (Fsp3) is 0.759. The van der Waals surface area contributed by atoms with E-state index in [1.54, 1.807) is 33.7 Å². The summed E-state index contributed by atoms with van der Waals surface area (Å²) >= 11 is 1.63. The number of thioether (sulfide) groups is 1. The van der Waals surface area contributed by atoms with Crippen molar-refractivity contribution < 1.29 is 29.0 Å². The van der Waals surface area contributed by atoms with Gasteiger partial charge < -0.3 is 24.4 Å². The second-order valence-corrected chi connectivity index (χ2v) is 13.1. The van der Waals surface area contributed by atoms with Crippen LogP contribution in [0.15, 0.2) is 25.3 Å². The van der Waals surface area contributed by atoms with Crippen LogP contribution in [0, 0.1) is 23.7 Å². The second kappa shape index (κ2) is 12.7. The standard InChI is InChI=1S/C29H45N3O6S/c1-6-8-14-38-28(36)23-22-17-20(5)29(39-22)24(23)26(34)32(21(18-33)19(3)4)25(29)27(35)31(9-7-2)11-10-30-12-15-37-16-13-30/h6-7,19-25,33H,1-2,8-18H2,3-5H3/t20?,21-,22+,23-,24-,25?,29?/m0/s1. The summed E-state index contributed by atoms with van der Waals surface area (Å²) in [4.78, 5) is 48.0. The molecule has 1 N–H and O–H groups in total. The number of carbonyl (C=O) groups excluding carboxylic acids is 3. The first-order chi connectivity index (χ1) is 18.7. The SMILES string of the molecule is C=CCCOC(=O)[C@@H]1[C@H]2C(=O)N([C@@H](CO)C(C)C)C(C(=O)N(CC=C)CCN3CCOCC3)C23S[C@@H]1CC3C. The number of aliphatic hydroxyl groups excluding tert-OH is 1. The van der Waals surface area contributed by atoms with Crippen LogP contribution in [0.5, 0.6) is 0 Å². The molecule has 10 heteroatoms.